The average molecular weight is 435 g/mol. The predicted molar refractivity (Wildman–Crippen MR) is 121 cm³/mol. The minimum atomic E-state index is -0.371. The van der Waals surface area contributed by atoms with Gasteiger partial charge in [-0.3, -0.25) is 9.59 Å². The third-order valence-corrected chi connectivity index (χ3v) is 5.02. The molecule has 3 aromatic carbocycles. The molecule has 1 unspecified atom stereocenters. The Bertz CT molecular complexity index is 1050. The Kier molecular flexibility index (Phi) is 7.97. The first-order valence-electron chi connectivity index (χ1n) is 10.4. The number of benzene rings is 3. The van der Waals surface area contributed by atoms with E-state index in [2.05, 4.69) is 5.32 Å². The highest BCUT2D eigenvalue weighted by Gasteiger charge is 2.17. The summed E-state index contributed by atoms with van der Waals surface area (Å²) in [6.07, 6.45) is 0.757. The van der Waals surface area contributed by atoms with E-state index in [0.29, 0.717) is 30.1 Å². The number of halogens is 1. The Labute approximate surface area is 187 Å². The zero-order chi connectivity index (χ0) is 22.9. The summed E-state index contributed by atoms with van der Waals surface area (Å²) in [5, 5.41) is 3.03. The quantitative estimate of drug-likeness (QED) is 0.355. The molecule has 3 aromatic rings. The second-order valence-electron chi connectivity index (χ2n) is 7.34. The van der Waals surface area contributed by atoms with Crippen LogP contribution in [-0.4, -0.2) is 25.4 Å². The molecule has 0 aliphatic heterocycles. The second kappa shape index (κ2) is 11.1. The summed E-state index contributed by atoms with van der Waals surface area (Å²) in [6.45, 7) is 1.80. The van der Waals surface area contributed by atoms with Crippen molar-refractivity contribution >= 4 is 11.7 Å². The summed E-state index contributed by atoms with van der Waals surface area (Å²) in [6, 6.07) is 20.3. The highest BCUT2D eigenvalue weighted by molar-refractivity contribution is 5.94. The van der Waals surface area contributed by atoms with Crippen LogP contribution in [0.1, 0.15) is 47.3 Å². The number of hydrogen-bond acceptors (Lipinski definition) is 4. The number of rotatable bonds is 10. The number of ether oxygens (including phenoxy) is 2. The van der Waals surface area contributed by atoms with Crippen LogP contribution in [0, 0.1) is 5.82 Å². The van der Waals surface area contributed by atoms with Crippen LogP contribution < -0.4 is 14.8 Å². The van der Waals surface area contributed by atoms with Gasteiger partial charge in [-0.15, -0.1) is 0 Å². The van der Waals surface area contributed by atoms with Gasteiger partial charge in [0.2, 0.25) is 5.91 Å². The molecule has 1 N–H and O–H groups in total. The number of ketones is 1. The Morgan fingerprint density at radius 2 is 1.62 bits per heavy atom. The molecule has 0 saturated heterocycles. The Morgan fingerprint density at radius 1 is 0.938 bits per heavy atom. The molecule has 5 nitrogen and oxygen atoms in total. The zero-order valence-electron chi connectivity index (χ0n) is 18.1. The van der Waals surface area contributed by atoms with Gasteiger partial charge in [-0.1, -0.05) is 42.5 Å². The van der Waals surface area contributed by atoms with Crippen molar-refractivity contribution in [3.63, 3.8) is 0 Å². The predicted octanol–water partition coefficient (Wildman–Crippen LogP) is 5.10. The zero-order valence-corrected chi connectivity index (χ0v) is 18.1. The Hall–Kier alpha value is -3.67. The number of nitrogens with one attached hydrogen (secondary N) is 1. The van der Waals surface area contributed by atoms with Gasteiger partial charge in [-0.2, -0.15) is 0 Å². The van der Waals surface area contributed by atoms with Gasteiger partial charge < -0.3 is 14.8 Å². The largest absolute Gasteiger partial charge is 0.493 e. The fraction of sp³-hybridized carbons (Fsp3) is 0.231. The lowest BCUT2D eigenvalue weighted by atomic mass is 9.98. The summed E-state index contributed by atoms with van der Waals surface area (Å²) < 4.78 is 24.4. The summed E-state index contributed by atoms with van der Waals surface area (Å²) >= 11 is 0. The average Bonchev–Trinajstić information content (AvgIpc) is 2.81. The van der Waals surface area contributed by atoms with Gasteiger partial charge in [0.15, 0.2) is 17.3 Å². The third-order valence-electron chi connectivity index (χ3n) is 5.02. The molecule has 6 heteroatoms. The smallest absolute Gasteiger partial charge is 0.220 e. The molecule has 0 aliphatic carbocycles. The molecule has 0 bridgehead atoms. The highest BCUT2D eigenvalue weighted by Crippen LogP contribution is 2.28. The van der Waals surface area contributed by atoms with Gasteiger partial charge in [-0.25, -0.2) is 4.39 Å². The lowest BCUT2D eigenvalue weighted by Gasteiger charge is -2.20. The van der Waals surface area contributed by atoms with Crippen molar-refractivity contribution in [3.05, 3.63) is 95.3 Å². The molecule has 0 heterocycles. The summed E-state index contributed by atoms with van der Waals surface area (Å²) in [4.78, 5) is 24.1. The fourth-order valence-corrected chi connectivity index (χ4v) is 3.31. The highest BCUT2D eigenvalue weighted by atomic mass is 19.1. The summed E-state index contributed by atoms with van der Waals surface area (Å²) in [7, 11) is 1.51. The van der Waals surface area contributed by atoms with Crippen molar-refractivity contribution in [2.24, 2.45) is 0 Å². The maximum Gasteiger partial charge on any atom is 0.220 e. The molecular weight excluding hydrogens is 409 g/mol. The van der Waals surface area contributed by atoms with Gasteiger partial charge in [-0.05, 0) is 54.8 Å². The van der Waals surface area contributed by atoms with Crippen LogP contribution in [-0.2, 0) is 4.79 Å². The number of carbonyl (C=O) groups excluding carboxylic acids is 2. The molecule has 32 heavy (non-hydrogen) atoms. The van der Waals surface area contributed by atoms with Crippen LogP contribution in [0.3, 0.4) is 0 Å². The first-order chi connectivity index (χ1) is 15.5. The van der Waals surface area contributed by atoms with Crippen LogP contribution in [0.15, 0.2) is 72.8 Å². The minimum absolute atomic E-state index is 0.0550. The van der Waals surface area contributed by atoms with Gasteiger partial charge >= 0.3 is 0 Å². The SMILES string of the molecule is COc1cc(C(C)=O)ccc1OCCCC(=O)NC(c1ccccc1)c1ccc(F)cc1. The molecule has 1 atom stereocenters. The fourth-order valence-electron chi connectivity index (χ4n) is 3.31. The van der Waals surface area contributed by atoms with E-state index in [-0.39, 0.29) is 30.0 Å². The van der Waals surface area contributed by atoms with E-state index in [1.807, 2.05) is 30.3 Å². The van der Waals surface area contributed by atoms with E-state index in [9.17, 15) is 14.0 Å². The molecule has 0 aromatic heterocycles. The standard InChI is InChI=1S/C26H26FNO4/c1-18(29)21-12-15-23(24(17-21)31-2)32-16-6-9-25(30)28-26(19-7-4-3-5-8-19)20-10-13-22(27)14-11-20/h3-5,7-8,10-15,17,26H,6,9,16H2,1-2H3,(H,28,30). The molecule has 0 spiro atoms. The van der Waals surface area contributed by atoms with E-state index in [1.54, 1.807) is 30.3 Å². The summed E-state index contributed by atoms with van der Waals surface area (Å²) in [5.41, 5.74) is 2.26. The second-order valence-corrected chi connectivity index (χ2v) is 7.34. The normalized spacial score (nSPS) is 11.5. The van der Waals surface area contributed by atoms with Crippen molar-refractivity contribution in [1.82, 2.24) is 5.32 Å². The van der Waals surface area contributed by atoms with Crippen molar-refractivity contribution < 1.29 is 23.5 Å². The van der Waals surface area contributed by atoms with Crippen LogP contribution in [0.2, 0.25) is 0 Å². The van der Waals surface area contributed by atoms with E-state index < -0.39 is 0 Å². The van der Waals surface area contributed by atoms with Crippen molar-refractivity contribution in [3.8, 4) is 11.5 Å². The van der Waals surface area contributed by atoms with Gasteiger partial charge in [0, 0.05) is 12.0 Å². The van der Waals surface area contributed by atoms with Crippen molar-refractivity contribution in [1.29, 1.82) is 0 Å². The van der Waals surface area contributed by atoms with Gasteiger partial charge in [0.25, 0.3) is 0 Å². The number of hydrogen-bond donors (Lipinski definition) is 1. The topological polar surface area (TPSA) is 64.6 Å². The van der Waals surface area contributed by atoms with E-state index >= 15 is 0 Å². The molecule has 3 rings (SSSR count). The van der Waals surface area contributed by atoms with Crippen LogP contribution in [0.4, 0.5) is 4.39 Å². The van der Waals surface area contributed by atoms with Crippen LogP contribution in [0.5, 0.6) is 11.5 Å². The van der Waals surface area contributed by atoms with Crippen LogP contribution in [0.25, 0.3) is 0 Å². The maximum absolute atomic E-state index is 13.3. The molecular formula is C26H26FNO4. The molecule has 0 radical (unpaired) electrons. The summed E-state index contributed by atoms with van der Waals surface area (Å²) in [5.74, 6) is 0.483. The third kappa shape index (κ3) is 6.17. The number of amides is 1. The van der Waals surface area contributed by atoms with Crippen LogP contribution >= 0.6 is 0 Å². The monoisotopic (exact) mass is 435 g/mol. The van der Waals surface area contributed by atoms with Gasteiger partial charge in [0.05, 0.1) is 19.8 Å². The molecule has 0 fully saturated rings. The first-order valence-corrected chi connectivity index (χ1v) is 10.4. The number of Topliss-reactive ketones (excluding diaryl/α,β-unsaturated/α-hetero) is 1. The number of carbonyl (C=O) groups is 2. The van der Waals surface area contributed by atoms with Gasteiger partial charge in [0.1, 0.15) is 5.82 Å². The van der Waals surface area contributed by atoms with Crippen molar-refractivity contribution in [2.75, 3.05) is 13.7 Å². The van der Waals surface area contributed by atoms with E-state index in [4.69, 9.17) is 9.47 Å². The lowest BCUT2D eigenvalue weighted by Crippen LogP contribution is -2.29. The molecule has 0 aliphatic rings. The minimum Gasteiger partial charge on any atom is -0.493 e. The van der Waals surface area contributed by atoms with E-state index in [0.717, 1.165) is 11.1 Å². The Balaban J connectivity index is 1.58. The Morgan fingerprint density at radius 3 is 2.28 bits per heavy atom. The lowest BCUT2D eigenvalue weighted by molar-refractivity contribution is -0.121. The number of methoxy groups -OCH3 is 1. The molecule has 0 saturated carbocycles. The van der Waals surface area contributed by atoms with Crippen molar-refractivity contribution in [2.45, 2.75) is 25.8 Å². The first kappa shape index (κ1) is 23.0. The molecule has 166 valence electrons. The molecule has 1 amide bonds. The maximum atomic E-state index is 13.3. The van der Waals surface area contributed by atoms with E-state index in [1.165, 1.54) is 26.2 Å².